The van der Waals surface area contributed by atoms with E-state index in [0.29, 0.717) is 38.8 Å². The highest BCUT2D eigenvalue weighted by Crippen LogP contribution is 2.40. The Labute approximate surface area is 177 Å². The molecule has 0 radical (unpaired) electrons. The maximum Gasteiger partial charge on any atom is 0.323 e. The fourth-order valence-electron chi connectivity index (χ4n) is 2.65. The Kier molecular flexibility index (Phi) is 6.17. The summed E-state index contributed by atoms with van der Waals surface area (Å²) < 4.78 is 41.6. The Bertz CT molecular complexity index is 1170. The van der Waals surface area contributed by atoms with Gasteiger partial charge in [-0.15, -0.1) is 0 Å². The third kappa shape index (κ3) is 5.02. The Morgan fingerprint density at radius 3 is 2.17 bits per heavy atom. The Hall–Kier alpha value is -3.25. The number of ether oxygens (including phenoxy) is 3. The minimum absolute atomic E-state index is 0.256. The van der Waals surface area contributed by atoms with Crippen LogP contribution in [0.5, 0.6) is 17.2 Å². The molecule has 0 aliphatic rings. The lowest BCUT2D eigenvalue weighted by Gasteiger charge is -2.15. The van der Waals surface area contributed by atoms with Crippen molar-refractivity contribution in [1.29, 1.82) is 0 Å². The van der Waals surface area contributed by atoms with Gasteiger partial charge in [0.05, 0.1) is 43.5 Å². The van der Waals surface area contributed by atoms with E-state index in [1.807, 2.05) is 0 Å². The summed E-state index contributed by atoms with van der Waals surface area (Å²) in [5.74, 6) is 1.23. The zero-order chi connectivity index (χ0) is 21.9. The average molecular weight is 453 g/mol. The van der Waals surface area contributed by atoms with E-state index in [4.69, 9.17) is 14.2 Å². The topological polar surface area (TPSA) is 128 Å². The van der Waals surface area contributed by atoms with Crippen LogP contribution in [0.4, 0.5) is 21.3 Å². The molecule has 30 heavy (non-hydrogen) atoms. The Balaban J connectivity index is 1.77. The predicted molar refractivity (Wildman–Crippen MR) is 117 cm³/mol. The minimum Gasteiger partial charge on any atom is -0.493 e. The lowest BCUT2D eigenvalue weighted by atomic mass is 10.2. The first kappa shape index (κ1) is 21.5. The molecule has 0 saturated heterocycles. The van der Waals surface area contributed by atoms with Gasteiger partial charge in [0.2, 0.25) is 15.8 Å². The quantitative estimate of drug-likeness (QED) is 0.502. The van der Waals surface area contributed by atoms with E-state index in [2.05, 4.69) is 20.3 Å². The van der Waals surface area contributed by atoms with Gasteiger partial charge >= 0.3 is 6.03 Å². The van der Waals surface area contributed by atoms with E-state index in [0.717, 1.165) is 17.6 Å². The smallest absolute Gasteiger partial charge is 0.323 e. The number of amides is 2. The van der Waals surface area contributed by atoms with Gasteiger partial charge in [-0.25, -0.2) is 18.2 Å². The number of nitrogens with one attached hydrogen (secondary N) is 3. The van der Waals surface area contributed by atoms with Crippen molar-refractivity contribution in [3.05, 3.63) is 30.3 Å². The summed E-state index contributed by atoms with van der Waals surface area (Å²) >= 11 is 1.16. The summed E-state index contributed by atoms with van der Waals surface area (Å²) in [5.41, 5.74) is 1.57. The van der Waals surface area contributed by atoms with Crippen molar-refractivity contribution < 1.29 is 27.4 Å². The highest BCUT2D eigenvalue weighted by Gasteiger charge is 2.15. The van der Waals surface area contributed by atoms with E-state index >= 15 is 0 Å². The highest BCUT2D eigenvalue weighted by molar-refractivity contribution is 7.92. The summed E-state index contributed by atoms with van der Waals surface area (Å²) in [4.78, 5) is 16.6. The number of urea groups is 1. The van der Waals surface area contributed by atoms with E-state index in [1.165, 1.54) is 21.3 Å². The van der Waals surface area contributed by atoms with Gasteiger partial charge in [-0.3, -0.25) is 4.72 Å². The molecular weight excluding hydrogens is 432 g/mol. The largest absolute Gasteiger partial charge is 0.493 e. The van der Waals surface area contributed by atoms with Crippen LogP contribution in [0.1, 0.15) is 0 Å². The molecule has 2 amide bonds. The first-order valence-electron chi connectivity index (χ1n) is 8.49. The number of fused-ring (bicyclic) bond motifs is 1. The molecule has 1 heterocycles. The van der Waals surface area contributed by atoms with Gasteiger partial charge in [-0.2, -0.15) is 0 Å². The number of thiazole rings is 1. The number of rotatable bonds is 7. The Morgan fingerprint density at radius 1 is 0.967 bits per heavy atom. The second-order valence-electron chi connectivity index (χ2n) is 6.07. The lowest BCUT2D eigenvalue weighted by molar-refractivity contribution is 0.262. The van der Waals surface area contributed by atoms with Crippen LogP contribution in [0.3, 0.4) is 0 Å². The van der Waals surface area contributed by atoms with Crippen LogP contribution in [-0.4, -0.2) is 47.0 Å². The number of carbonyl (C=O) groups excluding carboxylic acids is 1. The second-order valence-corrected chi connectivity index (χ2v) is 8.85. The summed E-state index contributed by atoms with van der Waals surface area (Å²) in [6, 6.07) is 7.79. The molecule has 3 N–H and O–H groups in total. The lowest BCUT2D eigenvalue weighted by Crippen LogP contribution is -2.19. The molecule has 1 aromatic heterocycles. The van der Waals surface area contributed by atoms with Gasteiger partial charge in [0.1, 0.15) is 0 Å². The molecule has 12 heteroatoms. The third-order valence-electron chi connectivity index (χ3n) is 3.84. The molecule has 0 spiro atoms. The summed E-state index contributed by atoms with van der Waals surface area (Å²) in [6.45, 7) is 0. The molecule has 3 rings (SSSR count). The number of hydrogen-bond donors (Lipinski definition) is 3. The van der Waals surface area contributed by atoms with Crippen LogP contribution >= 0.6 is 11.3 Å². The van der Waals surface area contributed by atoms with Gasteiger partial charge in [0, 0.05) is 17.8 Å². The van der Waals surface area contributed by atoms with Gasteiger partial charge in [0.25, 0.3) is 0 Å². The third-order valence-corrected chi connectivity index (χ3v) is 5.47. The molecule has 0 fully saturated rings. The summed E-state index contributed by atoms with van der Waals surface area (Å²) in [7, 11) is 1.05. The van der Waals surface area contributed by atoms with Gasteiger partial charge in [0.15, 0.2) is 16.6 Å². The molecule has 0 aliphatic carbocycles. The molecule has 0 atom stereocenters. The van der Waals surface area contributed by atoms with Crippen LogP contribution < -0.4 is 29.6 Å². The van der Waals surface area contributed by atoms with Crippen molar-refractivity contribution in [3.8, 4) is 17.2 Å². The van der Waals surface area contributed by atoms with E-state index in [9.17, 15) is 13.2 Å². The molecule has 0 bridgehead atoms. The number of methoxy groups -OCH3 is 3. The number of aromatic nitrogens is 1. The molecule has 0 aliphatic heterocycles. The molecule has 10 nitrogen and oxygen atoms in total. The van der Waals surface area contributed by atoms with Crippen molar-refractivity contribution in [2.75, 3.05) is 42.9 Å². The fourth-order valence-corrected chi connectivity index (χ4v) is 4.39. The number of carbonyl (C=O) groups is 1. The van der Waals surface area contributed by atoms with Crippen LogP contribution in [-0.2, 0) is 10.0 Å². The molecule has 0 unspecified atom stereocenters. The summed E-state index contributed by atoms with van der Waals surface area (Å²) in [6.07, 6.45) is 1.06. The zero-order valence-corrected chi connectivity index (χ0v) is 18.2. The first-order chi connectivity index (χ1) is 14.2. The predicted octanol–water partition coefficient (Wildman–Crippen LogP) is 3.34. The van der Waals surface area contributed by atoms with Crippen LogP contribution in [0.25, 0.3) is 10.2 Å². The van der Waals surface area contributed by atoms with Crippen molar-refractivity contribution in [2.45, 2.75) is 0 Å². The number of hydrogen-bond acceptors (Lipinski definition) is 8. The SMILES string of the molecule is COc1cc(NC(=O)Nc2ccc3nc(NS(C)(=O)=O)sc3c2)cc(OC)c1OC. The standard InChI is InChI=1S/C18H20N4O6S2/c1-26-13-7-11(8-14(27-2)16(13)28-3)20-17(23)19-10-5-6-12-15(9-10)29-18(21-12)22-30(4,24)25/h5-9H,1-4H3,(H,21,22)(H2,19,20,23). The van der Waals surface area contributed by atoms with Crippen molar-refractivity contribution >= 4 is 54.1 Å². The molecule has 2 aromatic carbocycles. The number of anilines is 3. The van der Waals surface area contributed by atoms with Crippen molar-refractivity contribution in [2.24, 2.45) is 0 Å². The number of benzene rings is 2. The van der Waals surface area contributed by atoms with Gasteiger partial charge in [-0.05, 0) is 18.2 Å². The number of sulfonamides is 1. The monoisotopic (exact) mass is 452 g/mol. The normalized spacial score (nSPS) is 11.1. The van der Waals surface area contributed by atoms with Gasteiger partial charge < -0.3 is 24.8 Å². The minimum atomic E-state index is -3.42. The highest BCUT2D eigenvalue weighted by atomic mass is 32.2. The second kappa shape index (κ2) is 8.63. The van der Waals surface area contributed by atoms with E-state index in [-0.39, 0.29) is 5.13 Å². The van der Waals surface area contributed by atoms with Crippen LogP contribution in [0.2, 0.25) is 0 Å². The fraction of sp³-hybridized carbons (Fsp3) is 0.222. The zero-order valence-electron chi connectivity index (χ0n) is 16.6. The van der Waals surface area contributed by atoms with Crippen LogP contribution in [0.15, 0.2) is 30.3 Å². The molecule has 160 valence electrons. The first-order valence-corrected chi connectivity index (χ1v) is 11.2. The Morgan fingerprint density at radius 2 is 1.60 bits per heavy atom. The van der Waals surface area contributed by atoms with Crippen LogP contribution in [0, 0.1) is 0 Å². The maximum absolute atomic E-state index is 12.4. The maximum atomic E-state index is 12.4. The molecular formula is C18H20N4O6S2. The molecule has 3 aromatic rings. The number of nitrogens with zero attached hydrogens (tertiary/aromatic N) is 1. The van der Waals surface area contributed by atoms with Gasteiger partial charge in [-0.1, -0.05) is 11.3 Å². The van der Waals surface area contributed by atoms with Crippen molar-refractivity contribution in [3.63, 3.8) is 0 Å². The average Bonchev–Trinajstić information content (AvgIpc) is 3.06. The summed E-state index contributed by atoms with van der Waals surface area (Å²) in [5, 5.41) is 5.68. The van der Waals surface area contributed by atoms with E-state index < -0.39 is 16.1 Å². The van der Waals surface area contributed by atoms with E-state index in [1.54, 1.807) is 30.3 Å². The molecule has 0 saturated carbocycles. The van der Waals surface area contributed by atoms with Crippen molar-refractivity contribution in [1.82, 2.24) is 4.98 Å².